The molecule has 1 N–H and O–H groups in total. The lowest BCUT2D eigenvalue weighted by Gasteiger charge is -2.23. The van der Waals surface area contributed by atoms with Crippen LogP contribution in [0.3, 0.4) is 0 Å². The van der Waals surface area contributed by atoms with E-state index in [0.717, 1.165) is 28.3 Å². The minimum absolute atomic E-state index is 0.0749. The molecule has 0 radical (unpaired) electrons. The molecular formula is C43H33N3. The maximum Gasteiger partial charge on any atom is 0.133 e. The van der Waals surface area contributed by atoms with Crippen LogP contribution in [0.4, 0.5) is 0 Å². The predicted molar refractivity (Wildman–Crippen MR) is 192 cm³/mol. The van der Waals surface area contributed by atoms with E-state index in [1.165, 1.54) is 49.6 Å². The second-order valence-corrected chi connectivity index (χ2v) is 12.9. The van der Waals surface area contributed by atoms with Crippen LogP contribution in [-0.2, 0) is 5.41 Å². The summed E-state index contributed by atoms with van der Waals surface area (Å²) in [4.78, 5) is 5.21. The van der Waals surface area contributed by atoms with Crippen LogP contribution in [-0.4, -0.2) is 10.4 Å². The first-order chi connectivity index (χ1) is 22.6. The highest BCUT2D eigenvalue weighted by molar-refractivity contribution is 6.12. The number of benzene rings is 6. The summed E-state index contributed by atoms with van der Waals surface area (Å²) in [6.45, 7) is 4.74. The predicted octanol–water partition coefficient (Wildman–Crippen LogP) is 10.2. The van der Waals surface area contributed by atoms with Crippen LogP contribution in [0, 0.1) is 0 Å². The van der Waals surface area contributed by atoms with E-state index in [2.05, 4.69) is 175 Å². The fourth-order valence-electron chi connectivity index (χ4n) is 7.62. The van der Waals surface area contributed by atoms with Crippen molar-refractivity contribution in [1.29, 1.82) is 0 Å². The van der Waals surface area contributed by atoms with E-state index >= 15 is 0 Å². The quantitative estimate of drug-likeness (QED) is 0.217. The van der Waals surface area contributed by atoms with Crippen molar-refractivity contribution in [3.8, 4) is 16.9 Å². The summed E-state index contributed by atoms with van der Waals surface area (Å²) in [5, 5.41) is 7.51. The number of hydrogen-bond donors (Lipinski definition) is 1. The summed E-state index contributed by atoms with van der Waals surface area (Å²) >= 11 is 0. The summed E-state index contributed by atoms with van der Waals surface area (Å²) in [6.07, 6.45) is 2.22. The highest BCUT2D eigenvalue weighted by Gasteiger charge is 2.40. The number of rotatable bonds is 4. The molecular weight excluding hydrogens is 558 g/mol. The number of nitrogens with zero attached hydrogens (tertiary/aromatic N) is 2. The van der Waals surface area contributed by atoms with Crippen LogP contribution in [0.1, 0.15) is 47.7 Å². The van der Waals surface area contributed by atoms with Crippen LogP contribution in [0.2, 0.25) is 0 Å². The van der Waals surface area contributed by atoms with Gasteiger partial charge in [0.1, 0.15) is 5.84 Å². The Morgan fingerprint density at radius 2 is 1.33 bits per heavy atom. The number of hydrogen-bond acceptors (Lipinski definition) is 2. The van der Waals surface area contributed by atoms with Crippen LogP contribution in [0.15, 0.2) is 157 Å². The molecule has 6 aromatic carbocycles. The molecule has 3 nitrogen and oxygen atoms in total. The first-order valence-electron chi connectivity index (χ1n) is 16.0. The van der Waals surface area contributed by atoms with E-state index in [9.17, 15) is 0 Å². The molecule has 1 aromatic heterocycles. The Morgan fingerprint density at radius 3 is 2.13 bits per heavy atom. The van der Waals surface area contributed by atoms with Crippen molar-refractivity contribution in [2.75, 3.05) is 0 Å². The Bertz CT molecular complexity index is 2340. The molecule has 220 valence electrons. The largest absolute Gasteiger partial charge is 0.340 e. The zero-order valence-electron chi connectivity index (χ0n) is 25.9. The van der Waals surface area contributed by atoms with Gasteiger partial charge >= 0.3 is 0 Å². The number of amidine groups is 1. The zero-order valence-corrected chi connectivity index (χ0v) is 25.9. The molecule has 2 aliphatic rings. The number of nitrogens with one attached hydrogen (secondary N) is 1. The van der Waals surface area contributed by atoms with E-state index in [1.807, 2.05) is 0 Å². The first-order valence-corrected chi connectivity index (χ1v) is 16.0. The molecule has 0 saturated heterocycles. The summed E-state index contributed by atoms with van der Waals surface area (Å²) in [6, 6.07) is 52.2. The summed E-state index contributed by atoms with van der Waals surface area (Å²) in [5.41, 5.74) is 12.2. The normalized spacial score (nSPS) is 16.4. The van der Waals surface area contributed by atoms with Crippen LogP contribution in [0.5, 0.6) is 0 Å². The molecule has 0 bridgehead atoms. The smallest absolute Gasteiger partial charge is 0.133 e. The highest BCUT2D eigenvalue weighted by atomic mass is 15.0. The monoisotopic (exact) mass is 591 g/mol. The highest BCUT2D eigenvalue weighted by Crippen LogP contribution is 2.54. The van der Waals surface area contributed by atoms with Crippen molar-refractivity contribution in [2.24, 2.45) is 4.99 Å². The van der Waals surface area contributed by atoms with Gasteiger partial charge in [0, 0.05) is 38.7 Å². The van der Waals surface area contributed by atoms with Crippen molar-refractivity contribution in [2.45, 2.75) is 25.3 Å². The summed E-state index contributed by atoms with van der Waals surface area (Å²) < 4.78 is 2.50. The Hall–Kier alpha value is -5.67. The van der Waals surface area contributed by atoms with Crippen molar-refractivity contribution in [3.05, 3.63) is 179 Å². The minimum Gasteiger partial charge on any atom is -0.340 e. The number of fused-ring (bicyclic) bond motifs is 7. The lowest BCUT2D eigenvalue weighted by molar-refractivity contribution is 0.666. The fourth-order valence-corrected chi connectivity index (χ4v) is 7.62. The van der Waals surface area contributed by atoms with Crippen LogP contribution in [0.25, 0.3) is 44.3 Å². The van der Waals surface area contributed by atoms with Gasteiger partial charge in [-0.2, -0.15) is 0 Å². The van der Waals surface area contributed by atoms with Crippen LogP contribution >= 0.6 is 0 Å². The molecule has 46 heavy (non-hydrogen) atoms. The van der Waals surface area contributed by atoms with Gasteiger partial charge in [0.15, 0.2) is 0 Å². The Balaban J connectivity index is 1.21. The molecule has 1 unspecified atom stereocenters. The van der Waals surface area contributed by atoms with Gasteiger partial charge in [0.2, 0.25) is 0 Å². The lowest BCUT2D eigenvalue weighted by atomic mass is 9.81. The molecule has 7 aromatic rings. The third-order valence-electron chi connectivity index (χ3n) is 9.81. The fraction of sp³-hybridized carbons (Fsp3) is 0.0930. The van der Waals surface area contributed by atoms with E-state index in [1.54, 1.807) is 0 Å². The molecule has 0 fully saturated rings. The summed E-state index contributed by atoms with van der Waals surface area (Å²) in [5.74, 6) is 0.876. The third-order valence-corrected chi connectivity index (χ3v) is 9.81. The molecule has 3 heteroatoms. The molecule has 1 aliphatic heterocycles. The van der Waals surface area contributed by atoms with Gasteiger partial charge < -0.3 is 9.88 Å². The summed E-state index contributed by atoms with van der Waals surface area (Å²) in [7, 11) is 0. The van der Waals surface area contributed by atoms with E-state index in [4.69, 9.17) is 4.99 Å². The Morgan fingerprint density at radius 1 is 0.630 bits per heavy atom. The maximum atomic E-state index is 5.21. The Kier molecular flexibility index (Phi) is 5.91. The van der Waals surface area contributed by atoms with E-state index < -0.39 is 0 Å². The molecule has 1 atom stereocenters. The van der Waals surface area contributed by atoms with Gasteiger partial charge in [-0.3, -0.25) is 4.99 Å². The molecule has 0 amide bonds. The van der Waals surface area contributed by atoms with Gasteiger partial charge in [-0.25, -0.2) is 0 Å². The molecule has 0 spiro atoms. The van der Waals surface area contributed by atoms with Gasteiger partial charge in [0.25, 0.3) is 0 Å². The van der Waals surface area contributed by atoms with Crippen molar-refractivity contribution in [3.63, 3.8) is 0 Å². The van der Waals surface area contributed by atoms with Gasteiger partial charge in [0.05, 0.1) is 17.3 Å². The standard InChI is InChI=1S/C43H33N3/c1-43(2)36-20-12-11-19-34(36)41-39(43)35-26-23-28-13-9-10-18-33(28)40(35)46(41)32-24-21-31(22-25-32)42-44-37(29-14-5-3-6-15-29)27-38(45-42)30-16-7-4-8-17-30/h3-27,37H,1-2H3,(H,44,45). The minimum atomic E-state index is -0.106. The van der Waals surface area contributed by atoms with Gasteiger partial charge in [-0.1, -0.05) is 135 Å². The van der Waals surface area contributed by atoms with E-state index in [-0.39, 0.29) is 11.5 Å². The number of aromatic nitrogens is 1. The number of aliphatic imine (C=N–C) groups is 1. The Labute approximate surface area is 269 Å². The maximum absolute atomic E-state index is 5.21. The zero-order chi connectivity index (χ0) is 30.8. The average Bonchev–Trinajstić information content (AvgIpc) is 3.60. The lowest BCUT2D eigenvalue weighted by Crippen LogP contribution is -2.27. The van der Waals surface area contributed by atoms with Gasteiger partial charge in [-0.05, 0) is 58.0 Å². The second-order valence-electron chi connectivity index (χ2n) is 12.9. The molecule has 9 rings (SSSR count). The average molecular weight is 592 g/mol. The first kappa shape index (κ1) is 26.7. The van der Waals surface area contributed by atoms with Gasteiger partial charge in [-0.15, -0.1) is 0 Å². The van der Waals surface area contributed by atoms with Crippen molar-refractivity contribution < 1.29 is 0 Å². The molecule has 1 aliphatic carbocycles. The topological polar surface area (TPSA) is 29.3 Å². The third kappa shape index (κ3) is 4.02. The SMILES string of the molecule is CC1(C)c2ccccc2-c2c1c1ccc3ccccc3c1n2-c1ccc(C2=NC(c3ccccc3)C=C(c3ccccc3)N2)cc1. The van der Waals surface area contributed by atoms with E-state index in [0.29, 0.717) is 0 Å². The molecule has 0 saturated carbocycles. The van der Waals surface area contributed by atoms with Crippen LogP contribution < -0.4 is 5.32 Å². The van der Waals surface area contributed by atoms with Crippen molar-refractivity contribution >= 4 is 33.2 Å². The second kappa shape index (κ2) is 10.2. The molecule has 2 heterocycles. The van der Waals surface area contributed by atoms with Crippen molar-refractivity contribution in [1.82, 2.24) is 9.88 Å².